The van der Waals surface area contributed by atoms with Crippen molar-refractivity contribution in [2.24, 2.45) is 0 Å². The molecule has 0 aliphatic carbocycles. The van der Waals surface area contributed by atoms with Crippen LogP contribution in [-0.2, 0) is 22.9 Å². The van der Waals surface area contributed by atoms with Crippen molar-refractivity contribution in [3.8, 4) is 5.75 Å². The summed E-state index contributed by atoms with van der Waals surface area (Å²) in [5.74, 6) is 0.779. The Bertz CT molecular complexity index is 692. The van der Waals surface area contributed by atoms with E-state index in [1.807, 2.05) is 37.3 Å². The molecule has 0 atom stereocenters. The molecular formula is C15H19NO3S2. The lowest BCUT2D eigenvalue weighted by Gasteiger charge is -2.06. The number of sulfonamides is 1. The average molecular weight is 325 g/mol. The molecule has 6 heteroatoms. The summed E-state index contributed by atoms with van der Waals surface area (Å²) in [6.45, 7) is 2.38. The molecule has 4 nitrogen and oxygen atoms in total. The normalized spacial score (nSPS) is 11.5. The minimum absolute atomic E-state index is 0.370. The van der Waals surface area contributed by atoms with E-state index in [0.717, 1.165) is 22.6 Å². The fraction of sp³-hybridized carbons (Fsp3) is 0.333. The predicted octanol–water partition coefficient (Wildman–Crippen LogP) is 2.84. The first kappa shape index (κ1) is 16.0. The third-order valence-electron chi connectivity index (χ3n) is 3.09. The summed E-state index contributed by atoms with van der Waals surface area (Å²) in [6.07, 6.45) is 1.48. The maximum atomic E-state index is 12.1. The van der Waals surface area contributed by atoms with Crippen molar-refractivity contribution in [2.75, 3.05) is 13.7 Å². The molecule has 0 bridgehead atoms. The molecule has 0 radical (unpaired) electrons. The molecule has 0 spiro atoms. The van der Waals surface area contributed by atoms with Crippen LogP contribution in [0.5, 0.6) is 5.75 Å². The number of aryl methyl sites for hydroxylation is 1. The lowest BCUT2D eigenvalue weighted by molar-refractivity contribution is 0.414. The van der Waals surface area contributed by atoms with Gasteiger partial charge in [-0.2, -0.15) is 0 Å². The molecule has 1 aromatic carbocycles. The Morgan fingerprint density at radius 2 is 2.05 bits per heavy atom. The lowest BCUT2D eigenvalue weighted by Crippen LogP contribution is -2.25. The van der Waals surface area contributed by atoms with Gasteiger partial charge in [-0.1, -0.05) is 19.1 Å². The molecule has 0 amide bonds. The fourth-order valence-corrected chi connectivity index (χ4v) is 4.29. The van der Waals surface area contributed by atoms with E-state index in [1.54, 1.807) is 13.2 Å². The van der Waals surface area contributed by atoms with Crippen molar-refractivity contribution in [3.63, 3.8) is 0 Å². The summed E-state index contributed by atoms with van der Waals surface area (Å²) >= 11 is 1.32. The molecule has 0 aliphatic heterocycles. The van der Waals surface area contributed by atoms with Crippen LogP contribution >= 0.6 is 11.3 Å². The van der Waals surface area contributed by atoms with Gasteiger partial charge in [0.25, 0.3) is 0 Å². The predicted molar refractivity (Wildman–Crippen MR) is 85.6 cm³/mol. The minimum Gasteiger partial charge on any atom is -0.497 e. The number of hydrogen-bond acceptors (Lipinski definition) is 4. The second-order valence-corrected chi connectivity index (χ2v) is 7.74. The standard InChI is InChI=1S/C15H19NO3S2/c1-3-14-7-8-15(20-14)21(17,18)16-10-9-12-5-4-6-13(11-12)19-2/h4-8,11,16H,3,9-10H2,1-2H3. The van der Waals surface area contributed by atoms with Crippen LogP contribution in [0.1, 0.15) is 17.4 Å². The van der Waals surface area contributed by atoms with E-state index in [2.05, 4.69) is 4.72 Å². The van der Waals surface area contributed by atoms with Gasteiger partial charge >= 0.3 is 0 Å². The average Bonchev–Trinajstić information content (AvgIpc) is 2.97. The molecular weight excluding hydrogens is 306 g/mol. The molecule has 0 fully saturated rings. The monoisotopic (exact) mass is 325 g/mol. The lowest BCUT2D eigenvalue weighted by atomic mass is 10.1. The summed E-state index contributed by atoms with van der Waals surface area (Å²) in [5.41, 5.74) is 1.04. The second kappa shape index (κ2) is 7.06. The van der Waals surface area contributed by atoms with Gasteiger partial charge < -0.3 is 4.74 Å². The minimum atomic E-state index is -3.40. The van der Waals surface area contributed by atoms with Crippen LogP contribution in [0.4, 0.5) is 0 Å². The summed E-state index contributed by atoms with van der Waals surface area (Å²) in [7, 11) is -1.78. The van der Waals surface area contributed by atoms with E-state index in [4.69, 9.17) is 4.74 Å². The van der Waals surface area contributed by atoms with Crippen molar-refractivity contribution in [1.29, 1.82) is 0 Å². The fourth-order valence-electron chi connectivity index (χ4n) is 1.92. The van der Waals surface area contributed by atoms with E-state index < -0.39 is 10.0 Å². The van der Waals surface area contributed by atoms with Gasteiger partial charge in [0.05, 0.1) is 7.11 Å². The highest BCUT2D eigenvalue weighted by atomic mass is 32.2. The van der Waals surface area contributed by atoms with E-state index in [1.165, 1.54) is 11.3 Å². The Morgan fingerprint density at radius 1 is 1.24 bits per heavy atom. The van der Waals surface area contributed by atoms with Gasteiger partial charge in [0, 0.05) is 11.4 Å². The van der Waals surface area contributed by atoms with Crippen molar-refractivity contribution >= 4 is 21.4 Å². The SMILES string of the molecule is CCc1ccc(S(=O)(=O)NCCc2cccc(OC)c2)s1. The molecule has 1 aromatic heterocycles. The molecule has 0 unspecified atom stereocenters. The van der Waals surface area contributed by atoms with Crippen molar-refractivity contribution in [1.82, 2.24) is 4.72 Å². The van der Waals surface area contributed by atoms with Gasteiger partial charge in [-0.15, -0.1) is 11.3 Å². The maximum Gasteiger partial charge on any atom is 0.250 e. The number of thiophene rings is 1. The molecule has 0 saturated heterocycles. The van der Waals surface area contributed by atoms with Crippen LogP contribution in [0.3, 0.4) is 0 Å². The molecule has 114 valence electrons. The quantitative estimate of drug-likeness (QED) is 0.851. The Hall–Kier alpha value is -1.37. The first-order chi connectivity index (χ1) is 10.0. The first-order valence-corrected chi connectivity index (χ1v) is 9.06. The van der Waals surface area contributed by atoms with Crippen LogP contribution in [0, 0.1) is 0 Å². The Balaban J connectivity index is 1.95. The zero-order chi connectivity index (χ0) is 15.3. The van der Waals surface area contributed by atoms with Gasteiger partial charge in [-0.05, 0) is 42.7 Å². The van der Waals surface area contributed by atoms with Gasteiger partial charge in [0.1, 0.15) is 9.96 Å². The van der Waals surface area contributed by atoms with E-state index in [0.29, 0.717) is 17.2 Å². The summed E-state index contributed by atoms with van der Waals surface area (Å²) in [4.78, 5) is 1.07. The number of hydrogen-bond donors (Lipinski definition) is 1. The van der Waals surface area contributed by atoms with Crippen molar-refractivity contribution in [2.45, 2.75) is 24.0 Å². The zero-order valence-corrected chi connectivity index (χ0v) is 13.8. The number of methoxy groups -OCH3 is 1. The van der Waals surface area contributed by atoms with Crippen LogP contribution in [0.25, 0.3) is 0 Å². The van der Waals surface area contributed by atoms with Crippen molar-refractivity contribution in [3.05, 3.63) is 46.8 Å². The van der Waals surface area contributed by atoms with E-state index in [9.17, 15) is 8.42 Å². The third kappa shape index (κ3) is 4.30. The smallest absolute Gasteiger partial charge is 0.250 e. The van der Waals surface area contributed by atoms with E-state index >= 15 is 0 Å². The van der Waals surface area contributed by atoms with Crippen molar-refractivity contribution < 1.29 is 13.2 Å². The molecule has 2 rings (SSSR count). The number of benzene rings is 1. The highest BCUT2D eigenvalue weighted by Gasteiger charge is 2.15. The highest BCUT2D eigenvalue weighted by molar-refractivity contribution is 7.91. The van der Waals surface area contributed by atoms with Crippen LogP contribution in [0.2, 0.25) is 0 Å². The molecule has 2 aromatic rings. The third-order valence-corrected chi connectivity index (χ3v) is 6.27. The highest BCUT2D eigenvalue weighted by Crippen LogP contribution is 2.21. The molecule has 0 saturated carbocycles. The zero-order valence-electron chi connectivity index (χ0n) is 12.1. The Kier molecular flexibility index (Phi) is 5.39. The maximum absolute atomic E-state index is 12.1. The molecule has 21 heavy (non-hydrogen) atoms. The largest absolute Gasteiger partial charge is 0.497 e. The number of ether oxygens (including phenoxy) is 1. The van der Waals surface area contributed by atoms with Gasteiger partial charge in [-0.25, -0.2) is 13.1 Å². The van der Waals surface area contributed by atoms with Gasteiger partial charge in [-0.3, -0.25) is 0 Å². The number of nitrogens with one attached hydrogen (secondary N) is 1. The topological polar surface area (TPSA) is 55.4 Å². The summed E-state index contributed by atoms with van der Waals surface area (Å²) in [6, 6.07) is 11.2. The van der Waals surface area contributed by atoms with Crippen LogP contribution < -0.4 is 9.46 Å². The summed E-state index contributed by atoms with van der Waals surface area (Å²) < 4.78 is 32.5. The van der Waals surface area contributed by atoms with Gasteiger partial charge in [0.2, 0.25) is 10.0 Å². The molecule has 1 heterocycles. The Labute approximate surface area is 129 Å². The summed E-state index contributed by atoms with van der Waals surface area (Å²) in [5, 5.41) is 0. The Morgan fingerprint density at radius 3 is 2.71 bits per heavy atom. The van der Waals surface area contributed by atoms with Crippen LogP contribution in [-0.4, -0.2) is 22.1 Å². The van der Waals surface area contributed by atoms with E-state index in [-0.39, 0.29) is 0 Å². The first-order valence-electron chi connectivity index (χ1n) is 6.76. The molecule has 1 N–H and O–H groups in total. The second-order valence-electron chi connectivity index (χ2n) is 4.57. The molecule has 0 aliphatic rings. The number of rotatable bonds is 7. The van der Waals surface area contributed by atoms with Gasteiger partial charge in [0.15, 0.2) is 0 Å². The van der Waals surface area contributed by atoms with Crippen LogP contribution in [0.15, 0.2) is 40.6 Å².